The predicted molar refractivity (Wildman–Crippen MR) is 124 cm³/mol. The van der Waals surface area contributed by atoms with Gasteiger partial charge in [0.05, 0.1) is 22.7 Å². The van der Waals surface area contributed by atoms with Crippen molar-refractivity contribution in [3.8, 4) is 0 Å². The Kier molecular flexibility index (Phi) is 4.81. The van der Waals surface area contributed by atoms with Crippen molar-refractivity contribution >= 4 is 26.8 Å². The van der Waals surface area contributed by atoms with Crippen LogP contribution in [0.1, 0.15) is 49.9 Å². The maximum Gasteiger partial charge on any atom is 0.269 e. The van der Waals surface area contributed by atoms with Crippen molar-refractivity contribution in [2.45, 2.75) is 56.4 Å². The molecule has 2 aliphatic carbocycles. The van der Waals surface area contributed by atoms with Gasteiger partial charge in [0.1, 0.15) is 5.82 Å². The predicted octanol–water partition coefficient (Wildman–Crippen LogP) is 3.93. The van der Waals surface area contributed by atoms with Crippen LogP contribution in [0.4, 0.5) is 0 Å². The first-order chi connectivity index (χ1) is 15.9. The van der Waals surface area contributed by atoms with Gasteiger partial charge in [-0.3, -0.25) is 4.40 Å². The molecule has 0 aliphatic heterocycles. The zero-order valence-corrected chi connectivity index (χ0v) is 19.6. The standard InChI is InChI=1S/C24H27N5O3S/c1-15-3-7-19(8-4-15)33(30,31)28-10-9-21-24(28)25-13-22-26-27-23(29(21)22)20-12-18(11-16(20)2)32-14-17-5-6-17/h3-4,7-10,13,16-18,20H,5-6,11-12,14H2,1-2H3/t16-,18+,20+/m1/s1. The Morgan fingerprint density at radius 2 is 1.88 bits per heavy atom. The number of aryl methyl sites for hydroxylation is 1. The Morgan fingerprint density at radius 3 is 2.64 bits per heavy atom. The van der Waals surface area contributed by atoms with Crippen LogP contribution in [0.25, 0.3) is 16.8 Å². The first kappa shape index (κ1) is 20.8. The molecule has 2 aliphatic rings. The van der Waals surface area contributed by atoms with Crippen LogP contribution in [0, 0.1) is 18.8 Å². The van der Waals surface area contributed by atoms with Gasteiger partial charge in [-0.25, -0.2) is 17.4 Å². The van der Waals surface area contributed by atoms with Gasteiger partial charge in [-0.2, -0.15) is 0 Å². The largest absolute Gasteiger partial charge is 0.378 e. The van der Waals surface area contributed by atoms with Crippen LogP contribution >= 0.6 is 0 Å². The van der Waals surface area contributed by atoms with E-state index in [1.54, 1.807) is 42.7 Å². The summed E-state index contributed by atoms with van der Waals surface area (Å²) in [7, 11) is -3.77. The molecule has 172 valence electrons. The molecular weight excluding hydrogens is 438 g/mol. The number of fused-ring (bicyclic) bond motifs is 3. The Hall–Kier alpha value is -2.78. The van der Waals surface area contributed by atoms with Crippen LogP contribution in [-0.4, -0.2) is 44.7 Å². The highest BCUT2D eigenvalue weighted by atomic mass is 32.2. The molecule has 8 nitrogen and oxygen atoms in total. The average Bonchev–Trinajstić information content (AvgIpc) is 3.18. The van der Waals surface area contributed by atoms with Gasteiger partial charge in [0.2, 0.25) is 0 Å². The maximum atomic E-state index is 13.3. The average molecular weight is 466 g/mol. The highest BCUT2D eigenvalue weighted by molar-refractivity contribution is 7.90. The van der Waals surface area contributed by atoms with E-state index >= 15 is 0 Å². The number of nitrogens with zero attached hydrogens (tertiary/aromatic N) is 5. The third-order valence-corrected chi connectivity index (χ3v) is 8.75. The Balaban J connectivity index is 1.39. The van der Waals surface area contributed by atoms with Crippen molar-refractivity contribution in [3.05, 3.63) is 54.1 Å². The van der Waals surface area contributed by atoms with Gasteiger partial charge >= 0.3 is 0 Å². The first-order valence-electron chi connectivity index (χ1n) is 11.6. The SMILES string of the molecule is Cc1ccc(S(=O)(=O)n2ccc3c2ncc2nnc([C@H]4C[C@@H](OCC5CC5)C[C@H]4C)n23)cc1. The lowest BCUT2D eigenvalue weighted by Crippen LogP contribution is -2.13. The summed E-state index contributed by atoms with van der Waals surface area (Å²) in [6.45, 7) is 5.02. The molecule has 0 bridgehead atoms. The van der Waals surface area contributed by atoms with Crippen LogP contribution in [0.2, 0.25) is 0 Å². The molecule has 2 saturated carbocycles. The zero-order chi connectivity index (χ0) is 22.7. The topological polar surface area (TPSA) is 91.4 Å². The lowest BCUT2D eigenvalue weighted by molar-refractivity contribution is 0.0480. The molecule has 4 aromatic rings. The van der Waals surface area contributed by atoms with Crippen LogP contribution in [-0.2, 0) is 14.8 Å². The molecule has 9 heteroatoms. The maximum absolute atomic E-state index is 13.3. The molecule has 2 fully saturated rings. The van der Waals surface area contributed by atoms with E-state index in [-0.39, 0.29) is 16.9 Å². The van der Waals surface area contributed by atoms with Crippen molar-refractivity contribution in [1.82, 2.24) is 23.6 Å². The highest BCUT2D eigenvalue weighted by Crippen LogP contribution is 2.41. The fourth-order valence-corrected chi connectivity index (χ4v) is 6.25. The fraction of sp³-hybridized carbons (Fsp3) is 0.458. The minimum Gasteiger partial charge on any atom is -0.378 e. The van der Waals surface area contributed by atoms with Crippen molar-refractivity contribution in [1.29, 1.82) is 0 Å². The molecule has 3 heterocycles. The summed E-state index contributed by atoms with van der Waals surface area (Å²) in [4.78, 5) is 4.68. The van der Waals surface area contributed by atoms with Crippen molar-refractivity contribution in [3.63, 3.8) is 0 Å². The summed E-state index contributed by atoms with van der Waals surface area (Å²) >= 11 is 0. The number of ether oxygens (including phenoxy) is 1. The monoisotopic (exact) mass is 465 g/mol. The van der Waals surface area contributed by atoms with Gasteiger partial charge in [-0.1, -0.05) is 24.6 Å². The van der Waals surface area contributed by atoms with E-state index in [1.165, 1.54) is 16.8 Å². The van der Waals surface area contributed by atoms with Crippen LogP contribution in [0.15, 0.2) is 47.6 Å². The van der Waals surface area contributed by atoms with E-state index in [0.29, 0.717) is 22.7 Å². The summed E-state index contributed by atoms with van der Waals surface area (Å²) in [5.74, 6) is 2.21. The van der Waals surface area contributed by atoms with E-state index in [4.69, 9.17) is 4.74 Å². The van der Waals surface area contributed by atoms with Crippen molar-refractivity contribution in [2.75, 3.05) is 6.61 Å². The van der Waals surface area contributed by atoms with Crippen molar-refractivity contribution < 1.29 is 13.2 Å². The highest BCUT2D eigenvalue weighted by Gasteiger charge is 2.37. The lowest BCUT2D eigenvalue weighted by atomic mass is 9.97. The van der Waals surface area contributed by atoms with E-state index in [9.17, 15) is 8.42 Å². The molecule has 0 spiro atoms. The first-order valence-corrected chi connectivity index (χ1v) is 13.0. The quantitative estimate of drug-likeness (QED) is 0.428. The Labute approximate surface area is 192 Å². The molecule has 6 rings (SSSR count). The molecule has 1 aromatic carbocycles. The smallest absolute Gasteiger partial charge is 0.269 e. The van der Waals surface area contributed by atoms with Crippen LogP contribution in [0.5, 0.6) is 0 Å². The number of benzene rings is 1. The van der Waals surface area contributed by atoms with Crippen molar-refractivity contribution in [2.24, 2.45) is 11.8 Å². The summed E-state index contributed by atoms with van der Waals surface area (Å²) in [6.07, 6.45) is 7.88. The van der Waals surface area contributed by atoms with E-state index in [0.717, 1.165) is 36.8 Å². The van der Waals surface area contributed by atoms with Gasteiger partial charge < -0.3 is 4.74 Å². The molecule has 3 atom stereocenters. The van der Waals surface area contributed by atoms with Gasteiger partial charge in [0.15, 0.2) is 11.3 Å². The minimum atomic E-state index is -3.77. The fourth-order valence-electron chi connectivity index (χ4n) is 4.95. The molecule has 0 amide bonds. The molecule has 33 heavy (non-hydrogen) atoms. The minimum absolute atomic E-state index is 0.201. The molecule has 0 unspecified atom stereocenters. The van der Waals surface area contributed by atoms with Gasteiger partial charge in [-0.15, -0.1) is 10.2 Å². The normalized spacial score (nSPS) is 23.6. The Bertz CT molecular complexity index is 1440. The number of hydrogen-bond acceptors (Lipinski definition) is 6. The molecule has 0 N–H and O–H groups in total. The lowest BCUT2D eigenvalue weighted by Gasteiger charge is -2.14. The zero-order valence-electron chi connectivity index (χ0n) is 18.8. The number of rotatable bonds is 6. The number of aromatic nitrogens is 5. The summed E-state index contributed by atoms with van der Waals surface area (Å²) in [6, 6.07) is 8.63. The van der Waals surface area contributed by atoms with Gasteiger partial charge in [0, 0.05) is 18.7 Å². The second kappa shape index (κ2) is 7.63. The molecule has 0 radical (unpaired) electrons. The van der Waals surface area contributed by atoms with Gasteiger partial charge in [0.25, 0.3) is 10.0 Å². The second-order valence-corrected chi connectivity index (χ2v) is 11.4. The summed E-state index contributed by atoms with van der Waals surface area (Å²) in [5.41, 5.74) is 2.69. The molecule has 3 aromatic heterocycles. The third kappa shape index (κ3) is 3.54. The summed E-state index contributed by atoms with van der Waals surface area (Å²) in [5, 5.41) is 8.87. The van der Waals surface area contributed by atoms with Crippen LogP contribution < -0.4 is 0 Å². The Morgan fingerprint density at radius 1 is 1.09 bits per heavy atom. The number of hydrogen-bond donors (Lipinski definition) is 0. The van der Waals surface area contributed by atoms with Crippen LogP contribution in [0.3, 0.4) is 0 Å². The van der Waals surface area contributed by atoms with Gasteiger partial charge in [-0.05, 0) is 62.6 Å². The van der Waals surface area contributed by atoms with E-state index < -0.39 is 10.0 Å². The molecular formula is C24H27N5O3S. The third-order valence-electron chi connectivity index (χ3n) is 7.07. The summed E-state index contributed by atoms with van der Waals surface area (Å²) < 4.78 is 36.0. The molecule has 0 saturated heterocycles. The van der Waals surface area contributed by atoms with E-state index in [2.05, 4.69) is 22.1 Å². The second-order valence-electron chi connectivity index (χ2n) is 9.60. The van der Waals surface area contributed by atoms with E-state index in [1.807, 2.05) is 11.3 Å².